The van der Waals surface area contributed by atoms with Gasteiger partial charge >= 0.3 is 35.5 Å². The monoisotopic (exact) mass is 518 g/mol. The van der Waals surface area contributed by atoms with E-state index in [1.165, 1.54) is 33.4 Å². The number of aryl methyl sites for hydroxylation is 1. The second-order valence-electron chi connectivity index (χ2n) is 7.24. The molecule has 15 heteroatoms. The number of aliphatic carboxylic acids is 1. The van der Waals surface area contributed by atoms with E-state index in [9.17, 15) is 24.7 Å². The van der Waals surface area contributed by atoms with Gasteiger partial charge in [-0.15, -0.1) is 34.4 Å². The van der Waals surface area contributed by atoms with Gasteiger partial charge in [-0.2, -0.15) is 0 Å². The van der Waals surface area contributed by atoms with Crippen LogP contribution < -0.4 is 40.6 Å². The first-order valence-corrected chi connectivity index (χ1v) is 12.1. The van der Waals surface area contributed by atoms with Gasteiger partial charge in [-0.05, 0) is 13.0 Å². The van der Waals surface area contributed by atoms with Crippen LogP contribution in [0, 0.1) is 12.3 Å². The number of carbonyl (C=O) groups excluding carboxylic acids is 2. The number of nitrogen functional groups attached to an aromatic ring is 1. The van der Waals surface area contributed by atoms with Crippen molar-refractivity contribution in [2.45, 2.75) is 18.3 Å². The number of nitrogens with zero attached hydrogens (tertiary/aromatic N) is 4. The zero-order valence-corrected chi connectivity index (χ0v) is 22.0. The topological polar surface area (TPSA) is 171 Å². The molecule has 0 spiro atoms. The number of aromatic nitrogens is 2. The summed E-state index contributed by atoms with van der Waals surface area (Å²) in [6.07, 6.45) is 3.34. The summed E-state index contributed by atoms with van der Waals surface area (Å²) in [5.41, 5.74) is 6.53. The summed E-state index contributed by atoms with van der Waals surface area (Å²) in [7, 11) is 0. The Balaban J connectivity index is 0.00000204. The van der Waals surface area contributed by atoms with Crippen molar-refractivity contribution in [1.82, 2.24) is 20.2 Å². The Morgan fingerprint density at radius 1 is 1.45 bits per heavy atom. The molecule has 0 aromatic carbocycles. The maximum atomic E-state index is 12.7. The van der Waals surface area contributed by atoms with Gasteiger partial charge in [-0.3, -0.25) is 14.4 Å². The first kappa shape index (κ1) is 25.6. The van der Waals surface area contributed by atoms with E-state index in [1.807, 2.05) is 6.92 Å². The normalized spacial score (nSPS) is 24.7. The van der Waals surface area contributed by atoms with E-state index in [2.05, 4.69) is 20.4 Å². The van der Waals surface area contributed by atoms with Crippen molar-refractivity contribution in [3.05, 3.63) is 33.2 Å². The van der Waals surface area contributed by atoms with Crippen LogP contribution in [-0.4, -0.2) is 72.4 Å². The van der Waals surface area contributed by atoms with Crippen LogP contribution in [-0.2, 0) is 14.4 Å². The van der Waals surface area contributed by atoms with Crippen molar-refractivity contribution < 1.29 is 55.7 Å². The minimum Gasteiger partial charge on any atom is -1.00 e. The molecule has 33 heavy (non-hydrogen) atoms. The molecule has 2 saturated heterocycles. The van der Waals surface area contributed by atoms with Crippen molar-refractivity contribution in [1.29, 1.82) is 0 Å². The Morgan fingerprint density at radius 2 is 2.21 bits per heavy atom. The van der Waals surface area contributed by atoms with Crippen LogP contribution in [0.15, 0.2) is 22.1 Å². The number of carboxylic acids is 1. The standard InChI is InChI=1S/C18H18N6O5S3.Na.H/c1-8-10(32-7-20-8)2-3-18(16(27)28)5-24-14(26)12(15(24)31-6-18)22-13(25)11(23-29)9-4-30-17(19)21-9;;/h2-4,7,12,15,29H,5-6H2,1H3,(H2,19,21)(H,22,25)(H,27,28);;/q;+1;-1/t12?,15-,18?;;/m1../s1. The molecule has 4 rings (SSSR count). The maximum Gasteiger partial charge on any atom is 1.00 e. The van der Waals surface area contributed by atoms with Crippen LogP contribution >= 0.6 is 34.4 Å². The number of oxime groups is 1. The Hall–Kier alpha value is -1.97. The zero-order valence-electron chi connectivity index (χ0n) is 18.6. The molecule has 4 heterocycles. The van der Waals surface area contributed by atoms with Gasteiger partial charge in [0.1, 0.15) is 22.5 Å². The van der Waals surface area contributed by atoms with Gasteiger partial charge in [0.15, 0.2) is 10.8 Å². The first-order chi connectivity index (χ1) is 15.3. The smallest absolute Gasteiger partial charge is 1.00 e. The molecule has 2 unspecified atom stereocenters. The molecule has 2 amide bonds. The minimum absolute atomic E-state index is 0. The van der Waals surface area contributed by atoms with Gasteiger partial charge < -0.3 is 27.7 Å². The number of carbonyl (C=O) groups is 3. The number of carboxylic acid groups (broad SMARTS) is 1. The van der Waals surface area contributed by atoms with Crippen LogP contribution in [0.3, 0.4) is 0 Å². The molecule has 2 aromatic heterocycles. The zero-order chi connectivity index (χ0) is 23.0. The summed E-state index contributed by atoms with van der Waals surface area (Å²) in [6, 6.07) is -0.861. The number of nitrogens with one attached hydrogen (secondary N) is 1. The average molecular weight is 519 g/mol. The molecular weight excluding hydrogens is 499 g/mol. The number of amides is 2. The van der Waals surface area contributed by atoms with Crippen LogP contribution in [0.2, 0.25) is 0 Å². The molecule has 2 aliphatic rings. The van der Waals surface area contributed by atoms with Gasteiger partial charge in [-0.1, -0.05) is 11.2 Å². The van der Waals surface area contributed by atoms with E-state index in [1.54, 1.807) is 17.7 Å². The molecule has 2 aromatic rings. The van der Waals surface area contributed by atoms with Gasteiger partial charge in [0.05, 0.1) is 11.2 Å². The summed E-state index contributed by atoms with van der Waals surface area (Å²) < 4.78 is 0. The predicted molar refractivity (Wildman–Crippen MR) is 122 cm³/mol. The number of hydrogen-bond donors (Lipinski definition) is 4. The third-order valence-electron chi connectivity index (χ3n) is 5.23. The third kappa shape index (κ3) is 4.81. The average Bonchev–Trinajstić information content (AvgIpc) is 3.38. The molecule has 0 radical (unpaired) electrons. The van der Waals surface area contributed by atoms with Gasteiger partial charge in [0.25, 0.3) is 5.91 Å². The molecule has 0 bridgehead atoms. The van der Waals surface area contributed by atoms with E-state index < -0.39 is 34.6 Å². The fourth-order valence-electron chi connectivity index (χ4n) is 3.42. The number of rotatable bonds is 6. The molecule has 5 N–H and O–H groups in total. The number of fused-ring (bicyclic) bond motifs is 1. The van der Waals surface area contributed by atoms with E-state index in [0.717, 1.165) is 21.9 Å². The number of β-lactam (4-membered cyclic amide) rings is 1. The van der Waals surface area contributed by atoms with Crippen molar-refractivity contribution >= 4 is 69.1 Å². The molecule has 11 nitrogen and oxygen atoms in total. The van der Waals surface area contributed by atoms with Crippen LogP contribution in [0.4, 0.5) is 5.13 Å². The van der Waals surface area contributed by atoms with E-state index in [4.69, 9.17) is 5.73 Å². The van der Waals surface area contributed by atoms with E-state index >= 15 is 0 Å². The fourth-order valence-corrected chi connectivity index (χ4v) is 6.18. The van der Waals surface area contributed by atoms with E-state index in [0.29, 0.717) is 0 Å². The number of anilines is 1. The molecule has 0 aliphatic carbocycles. The Bertz CT molecular complexity index is 1160. The summed E-state index contributed by atoms with van der Waals surface area (Å²) in [5.74, 6) is -1.98. The molecule has 2 aliphatic heterocycles. The summed E-state index contributed by atoms with van der Waals surface area (Å²) >= 11 is 3.76. The Kier molecular flexibility index (Phi) is 7.86. The maximum absolute atomic E-state index is 12.7. The number of hydrogen-bond acceptors (Lipinski definition) is 11. The summed E-state index contributed by atoms with van der Waals surface area (Å²) in [6.45, 7) is 1.83. The summed E-state index contributed by atoms with van der Waals surface area (Å²) in [5, 5.41) is 25.9. The minimum atomic E-state index is -1.25. The van der Waals surface area contributed by atoms with Crippen molar-refractivity contribution in [3.8, 4) is 0 Å². The van der Waals surface area contributed by atoms with Gasteiger partial charge in [0.2, 0.25) is 5.91 Å². The van der Waals surface area contributed by atoms with Gasteiger partial charge in [-0.25, -0.2) is 9.97 Å². The number of thioether (sulfide) groups is 1. The second kappa shape index (κ2) is 10.1. The number of thiazole rings is 2. The fraction of sp³-hybridized carbons (Fsp3) is 0.333. The largest absolute Gasteiger partial charge is 1.00 e. The SMILES string of the molecule is Cc1ncsc1C=CC1(C(=O)O)CS[C@@H]2C(NC(=O)C(=NO)c3csc(N)n3)C(=O)N2C1.[H-].[Na+]. The second-order valence-corrected chi connectivity index (χ2v) is 10.1. The third-order valence-corrected chi connectivity index (χ3v) is 8.35. The molecule has 3 atom stereocenters. The van der Waals surface area contributed by atoms with Crippen LogP contribution in [0.1, 0.15) is 17.7 Å². The Morgan fingerprint density at radius 3 is 2.79 bits per heavy atom. The molecule has 0 saturated carbocycles. The summed E-state index contributed by atoms with van der Waals surface area (Å²) in [4.78, 5) is 47.7. The molecule has 2 fully saturated rings. The Labute approximate surface area is 223 Å². The van der Waals surface area contributed by atoms with Crippen molar-refractivity contribution in [2.24, 2.45) is 10.6 Å². The quantitative estimate of drug-likeness (QED) is 0.111. The number of nitrogens with two attached hydrogens (primary N) is 1. The first-order valence-electron chi connectivity index (χ1n) is 9.25. The predicted octanol–water partition coefficient (Wildman–Crippen LogP) is -2.03. The van der Waals surface area contributed by atoms with Gasteiger partial charge in [0, 0.05) is 22.6 Å². The molecular formula is C18H19N6NaO5S3. The van der Waals surface area contributed by atoms with Crippen molar-refractivity contribution in [3.63, 3.8) is 0 Å². The van der Waals surface area contributed by atoms with Crippen LogP contribution in [0.5, 0.6) is 0 Å². The van der Waals surface area contributed by atoms with Crippen molar-refractivity contribution in [2.75, 3.05) is 18.0 Å². The van der Waals surface area contributed by atoms with E-state index in [-0.39, 0.29) is 59.8 Å². The van der Waals surface area contributed by atoms with Crippen LogP contribution in [0.25, 0.3) is 6.08 Å². The molecule has 170 valence electrons.